The van der Waals surface area contributed by atoms with Crippen LogP contribution in [0.3, 0.4) is 0 Å². The van der Waals surface area contributed by atoms with Crippen LogP contribution in [0, 0.1) is 15.9 Å². The third kappa shape index (κ3) is 2.84. The van der Waals surface area contributed by atoms with Gasteiger partial charge in [0.1, 0.15) is 11.6 Å². The summed E-state index contributed by atoms with van der Waals surface area (Å²) in [6, 6.07) is 9.73. The maximum Gasteiger partial charge on any atom is 0.311 e. The highest BCUT2D eigenvalue weighted by Crippen LogP contribution is 2.33. The molecular weight excluding hydrogens is 305 g/mol. The largest absolute Gasteiger partial charge is 0.450 e. The summed E-state index contributed by atoms with van der Waals surface area (Å²) in [6.45, 7) is 0. The molecule has 18 heavy (non-hydrogen) atoms. The number of nitrogens with zero attached hydrogens (tertiary/aromatic N) is 1. The molecule has 0 aliphatic carbocycles. The summed E-state index contributed by atoms with van der Waals surface area (Å²) >= 11 is 3.20. The molecule has 0 unspecified atom stereocenters. The van der Waals surface area contributed by atoms with Crippen LogP contribution >= 0.6 is 15.9 Å². The molecule has 0 N–H and O–H groups in total. The number of hydrogen-bond acceptors (Lipinski definition) is 3. The molecule has 0 spiro atoms. The number of nitro groups is 1. The number of hydrogen-bond donors (Lipinski definition) is 0. The van der Waals surface area contributed by atoms with Crippen molar-refractivity contribution in [1.82, 2.24) is 0 Å². The molecule has 4 nitrogen and oxygen atoms in total. The Labute approximate surface area is 110 Å². The van der Waals surface area contributed by atoms with Crippen molar-refractivity contribution in [2.45, 2.75) is 0 Å². The number of rotatable bonds is 3. The first-order chi connectivity index (χ1) is 8.56. The van der Waals surface area contributed by atoms with Gasteiger partial charge in [0.2, 0.25) is 5.75 Å². The Morgan fingerprint density at radius 3 is 2.67 bits per heavy atom. The van der Waals surface area contributed by atoms with E-state index in [9.17, 15) is 14.5 Å². The van der Waals surface area contributed by atoms with Gasteiger partial charge >= 0.3 is 5.69 Å². The molecule has 0 aliphatic rings. The third-order valence-electron chi connectivity index (χ3n) is 2.14. The fourth-order valence-corrected chi connectivity index (χ4v) is 1.72. The highest BCUT2D eigenvalue weighted by Gasteiger charge is 2.16. The molecule has 0 aliphatic heterocycles. The van der Waals surface area contributed by atoms with Gasteiger partial charge in [-0.05, 0) is 18.2 Å². The molecule has 2 aromatic rings. The Kier molecular flexibility index (Phi) is 3.57. The van der Waals surface area contributed by atoms with Gasteiger partial charge in [-0.2, -0.15) is 0 Å². The van der Waals surface area contributed by atoms with Crippen molar-refractivity contribution in [3.05, 3.63) is 62.9 Å². The van der Waals surface area contributed by atoms with E-state index < -0.39 is 10.7 Å². The minimum atomic E-state index is -0.554. The third-order valence-corrected chi connectivity index (χ3v) is 2.64. The zero-order valence-corrected chi connectivity index (χ0v) is 10.6. The molecule has 0 aromatic heterocycles. The normalized spacial score (nSPS) is 10.1. The summed E-state index contributed by atoms with van der Waals surface area (Å²) in [6.07, 6.45) is 0. The zero-order chi connectivity index (χ0) is 13.1. The van der Waals surface area contributed by atoms with Crippen molar-refractivity contribution in [3.8, 4) is 11.5 Å². The Balaban J connectivity index is 2.39. The summed E-state index contributed by atoms with van der Waals surface area (Å²) in [7, 11) is 0. The fraction of sp³-hybridized carbons (Fsp3) is 0. The van der Waals surface area contributed by atoms with Crippen LogP contribution < -0.4 is 4.74 Å². The fourth-order valence-electron chi connectivity index (χ4n) is 1.38. The zero-order valence-electron chi connectivity index (χ0n) is 8.97. The molecule has 0 radical (unpaired) electrons. The Morgan fingerprint density at radius 1 is 1.22 bits per heavy atom. The molecule has 2 aromatic carbocycles. The van der Waals surface area contributed by atoms with Crippen LogP contribution in [0.5, 0.6) is 11.5 Å². The molecule has 2 rings (SSSR count). The standard InChI is InChI=1S/C12H7BrFNO3/c13-8-4-5-11(15(16)17)12(6-8)18-10-3-1-2-9(14)7-10/h1-7H. The van der Waals surface area contributed by atoms with E-state index in [-0.39, 0.29) is 17.2 Å². The van der Waals surface area contributed by atoms with Gasteiger partial charge in [-0.1, -0.05) is 22.0 Å². The Hall–Kier alpha value is -1.95. The molecular formula is C12H7BrFNO3. The topological polar surface area (TPSA) is 52.4 Å². The van der Waals surface area contributed by atoms with Gasteiger partial charge in [-0.25, -0.2) is 4.39 Å². The minimum Gasteiger partial charge on any atom is -0.450 e. The lowest BCUT2D eigenvalue weighted by atomic mass is 10.3. The van der Waals surface area contributed by atoms with E-state index in [1.807, 2.05) is 0 Å². The lowest BCUT2D eigenvalue weighted by Gasteiger charge is -2.06. The summed E-state index contributed by atoms with van der Waals surface area (Å²) < 4.78 is 18.9. The lowest BCUT2D eigenvalue weighted by Crippen LogP contribution is -1.93. The predicted octanol–water partition coefficient (Wildman–Crippen LogP) is 4.29. The van der Waals surface area contributed by atoms with Gasteiger partial charge in [-0.15, -0.1) is 0 Å². The maximum absolute atomic E-state index is 13.0. The van der Waals surface area contributed by atoms with Gasteiger partial charge in [0.25, 0.3) is 0 Å². The van der Waals surface area contributed by atoms with Crippen molar-refractivity contribution in [1.29, 1.82) is 0 Å². The average Bonchev–Trinajstić information content (AvgIpc) is 2.28. The number of benzene rings is 2. The van der Waals surface area contributed by atoms with Gasteiger partial charge in [-0.3, -0.25) is 10.1 Å². The highest BCUT2D eigenvalue weighted by molar-refractivity contribution is 9.10. The van der Waals surface area contributed by atoms with Gasteiger partial charge in [0.15, 0.2) is 0 Å². The second-order valence-electron chi connectivity index (χ2n) is 3.43. The molecule has 0 heterocycles. The summed E-state index contributed by atoms with van der Waals surface area (Å²) in [5.41, 5.74) is -0.178. The van der Waals surface area contributed by atoms with Gasteiger partial charge < -0.3 is 4.74 Å². The maximum atomic E-state index is 13.0. The molecule has 0 amide bonds. The monoisotopic (exact) mass is 311 g/mol. The molecule has 92 valence electrons. The Bertz CT molecular complexity index is 604. The number of ether oxygens (including phenoxy) is 1. The molecule has 0 saturated heterocycles. The van der Waals surface area contributed by atoms with E-state index in [1.165, 1.54) is 36.4 Å². The van der Waals surface area contributed by atoms with Crippen LogP contribution in [0.1, 0.15) is 0 Å². The molecule has 0 bridgehead atoms. The average molecular weight is 312 g/mol. The van der Waals surface area contributed by atoms with E-state index in [4.69, 9.17) is 4.74 Å². The van der Waals surface area contributed by atoms with E-state index in [0.717, 1.165) is 6.07 Å². The van der Waals surface area contributed by atoms with Crippen LogP contribution in [0.15, 0.2) is 46.9 Å². The minimum absolute atomic E-state index is 0.0555. The quantitative estimate of drug-likeness (QED) is 0.627. The van der Waals surface area contributed by atoms with E-state index in [0.29, 0.717) is 4.47 Å². The van der Waals surface area contributed by atoms with Crippen molar-refractivity contribution in [2.24, 2.45) is 0 Å². The Morgan fingerprint density at radius 2 is 2.00 bits per heavy atom. The molecule has 6 heteroatoms. The van der Waals surface area contributed by atoms with Crippen LogP contribution in [0.4, 0.5) is 10.1 Å². The SMILES string of the molecule is O=[N+]([O-])c1ccc(Br)cc1Oc1cccc(F)c1. The number of halogens is 2. The molecule has 0 fully saturated rings. The summed E-state index contributed by atoms with van der Waals surface area (Å²) in [5.74, 6) is -0.207. The second-order valence-corrected chi connectivity index (χ2v) is 4.34. The second kappa shape index (κ2) is 5.14. The van der Waals surface area contributed by atoms with Crippen molar-refractivity contribution in [3.63, 3.8) is 0 Å². The summed E-state index contributed by atoms with van der Waals surface area (Å²) in [5, 5.41) is 10.8. The van der Waals surface area contributed by atoms with Crippen molar-refractivity contribution in [2.75, 3.05) is 0 Å². The first-order valence-electron chi connectivity index (χ1n) is 4.93. The molecule has 0 atom stereocenters. The lowest BCUT2D eigenvalue weighted by molar-refractivity contribution is -0.385. The van der Waals surface area contributed by atoms with Crippen LogP contribution in [-0.4, -0.2) is 4.92 Å². The van der Waals surface area contributed by atoms with Crippen molar-refractivity contribution < 1.29 is 14.1 Å². The van der Waals surface area contributed by atoms with Gasteiger partial charge in [0.05, 0.1) is 4.92 Å². The number of nitro benzene ring substituents is 1. The summed E-state index contributed by atoms with van der Waals surface area (Å²) in [4.78, 5) is 10.3. The first-order valence-corrected chi connectivity index (χ1v) is 5.73. The van der Waals surface area contributed by atoms with E-state index in [2.05, 4.69) is 15.9 Å². The van der Waals surface area contributed by atoms with E-state index >= 15 is 0 Å². The van der Waals surface area contributed by atoms with Crippen LogP contribution in [0.25, 0.3) is 0 Å². The van der Waals surface area contributed by atoms with Crippen LogP contribution in [-0.2, 0) is 0 Å². The molecule has 0 saturated carbocycles. The van der Waals surface area contributed by atoms with Crippen molar-refractivity contribution >= 4 is 21.6 Å². The van der Waals surface area contributed by atoms with E-state index in [1.54, 1.807) is 0 Å². The smallest absolute Gasteiger partial charge is 0.311 e. The highest BCUT2D eigenvalue weighted by atomic mass is 79.9. The predicted molar refractivity (Wildman–Crippen MR) is 67.3 cm³/mol. The van der Waals surface area contributed by atoms with Gasteiger partial charge in [0, 0.05) is 22.7 Å². The first kappa shape index (κ1) is 12.5. The van der Waals surface area contributed by atoms with Crippen LogP contribution in [0.2, 0.25) is 0 Å².